The van der Waals surface area contributed by atoms with Gasteiger partial charge in [-0.3, -0.25) is 4.79 Å². The molecule has 1 rings (SSSR count). The molecule has 0 spiro atoms. The lowest BCUT2D eigenvalue weighted by atomic mass is 9.70. The first-order chi connectivity index (χ1) is 9.29. The third-order valence-corrected chi connectivity index (χ3v) is 4.50. The molecule has 0 atom stereocenters. The first kappa shape index (κ1) is 17.5. The number of hydrogen-bond donors (Lipinski definition) is 2. The number of hydrogen-bond acceptors (Lipinski definition) is 2. The van der Waals surface area contributed by atoms with Gasteiger partial charge in [0.05, 0.1) is 6.54 Å². The number of rotatable bonds is 6. The van der Waals surface area contributed by atoms with Crippen LogP contribution in [0.4, 0.5) is 0 Å². The van der Waals surface area contributed by atoms with Crippen LogP contribution >= 0.6 is 0 Å². The highest BCUT2D eigenvalue weighted by Gasteiger charge is 2.29. The molecule has 1 aliphatic rings. The molecule has 3 heteroatoms. The molecule has 118 valence electrons. The van der Waals surface area contributed by atoms with Gasteiger partial charge in [0.2, 0.25) is 5.91 Å². The lowest BCUT2D eigenvalue weighted by molar-refractivity contribution is -0.120. The fourth-order valence-electron chi connectivity index (χ4n) is 3.00. The van der Waals surface area contributed by atoms with Crippen LogP contribution in [0.25, 0.3) is 0 Å². The van der Waals surface area contributed by atoms with Crippen molar-refractivity contribution in [3.8, 4) is 0 Å². The van der Waals surface area contributed by atoms with Crippen molar-refractivity contribution in [2.24, 2.45) is 23.2 Å². The quantitative estimate of drug-likeness (QED) is 0.785. The maximum atomic E-state index is 11.6. The summed E-state index contributed by atoms with van der Waals surface area (Å²) in [6.45, 7) is 13.5. The van der Waals surface area contributed by atoms with Crippen LogP contribution in [0.1, 0.15) is 60.3 Å². The van der Waals surface area contributed by atoms with Gasteiger partial charge in [-0.2, -0.15) is 0 Å². The fourth-order valence-corrected chi connectivity index (χ4v) is 3.00. The second-order valence-electron chi connectivity index (χ2n) is 7.91. The monoisotopic (exact) mass is 282 g/mol. The summed E-state index contributed by atoms with van der Waals surface area (Å²) in [6.07, 6.45) is 5.30. The molecule has 1 aliphatic carbocycles. The smallest absolute Gasteiger partial charge is 0.233 e. The van der Waals surface area contributed by atoms with Crippen LogP contribution in [0.15, 0.2) is 0 Å². The van der Waals surface area contributed by atoms with E-state index in [1.54, 1.807) is 0 Å². The molecule has 0 aromatic rings. The highest BCUT2D eigenvalue weighted by molar-refractivity contribution is 5.77. The van der Waals surface area contributed by atoms with Gasteiger partial charge in [0.25, 0.3) is 0 Å². The first-order valence-corrected chi connectivity index (χ1v) is 8.26. The SMILES string of the molecule is CC(C)CNC(=O)CNCC1CCC(C(C)(C)C)CC1. The summed E-state index contributed by atoms with van der Waals surface area (Å²) in [5.41, 5.74) is 0.454. The van der Waals surface area contributed by atoms with Crippen molar-refractivity contribution >= 4 is 5.91 Å². The lowest BCUT2D eigenvalue weighted by Crippen LogP contribution is -2.38. The Morgan fingerprint density at radius 1 is 1.15 bits per heavy atom. The van der Waals surface area contributed by atoms with Crippen LogP contribution in [0.3, 0.4) is 0 Å². The summed E-state index contributed by atoms with van der Waals surface area (Å²) >= 11 is 0. The molecule has 0 bridgehead atoms. The van der Waals surface area contributed by atoms with Gasteiger partial charge in [-0.1, -0.05) is 34.6 Å². The zero-order valence-electron chi connectivity index (χ0n) is 14.1. The Morgan fingerprint density at radius 3 is 2.25 bits per heavy atom. The molecule has 0 saturated heterocycles. The van der Waals surface area contributed by atoms with Crippen molar-refractivity contribution in [3.63, 3.8) is 0 Å². The maximum Gasteiger partial charge on any atom is 0.233 e. The average molecular weight is 282 g/mol. The Bertz CT molecular complexity index is 286. The molecule has 0 aliphatic heterocycles. The molecule has 3 nitrogen and oxygen atoms in total. The van der Waals surface area contributed by atoms with E-state index in [1.807, 2.05) is 0 Å². The van der Waals surface area contributed by atoms with E-state index in [0.29, 0.717) is 17.9 Å². The molecule has 0 aromatic heterocycles. The van der Waals surface area contributed by atoms with Gasteiger partial charge >= 0.3 is 0 Å². The first-order valence-electron chi connectivity index (χ1n) is 8.26. The standard InChI is InChI=1S/C17H34N2O/c1-13(2)10-19-16(20)12-18-11-14-6-8-15(9-7-14)17(3,4)5/h13-15,18H,6-12H2,1-5H3,(H,19,20). The van der Waals surface area contributed by atoms with Crippen molar-refractivity contribution in [2.75, 3.05) is 19.6 Å². The van der Waals surface area contributed by atoms with E-state index in [4.69, 9.17) is 0 Å². The van der Waals surface area contributed by atoms with E-state index in [1.165, 1.54) is 25.7 Å². The van der Waals surface area contributed by atoms with Crippen molar-refractivity contribution in [1.82, 2.24) is 10.6 Å². The van der Waals surface area contributed by atoms with E-state index in [2.05, 4.69) is 45.3 Å². The Kier molecular flexibility index (Phi) is 7.01. The number of carbonyl (C=O) groups is 1. The predicted octanol–water partition coefficient (Wildman–Crippen LogP) is 3.20. The molecular weight excluding hydrogens is 248 g/mol. The Hall–Kier alpha value is -0.570. The fraction of sp³-hybridized carbons (Fsp3) is 0.941. The molecular formula is C17H34N2O. The van der Waals surface area contributed by atoms with Gasteiger partial charge in [-0.05, 0) is 55.4 Å². The highest BCUT2D eigenvalue weighted by atomic mass is 16.1. The van der Waals surface area contributed by atoms with Crippen molar-refractivity contribution in [1.29, 1.82) is 0 Å². The number of nitrogens with one attached hydrogen (secondary N) is 2. The van der Waals surface area contributed by atoms with Gasteiger partial charge in [-0.15, -0.1) is 0 Å². The third-order valence-electron chi connectivity index (χ3n) is 4.50. The zero-order chi connectivity index (χ0) is 15.2. The van der Waals surface area contributed by atoms with Crippen LogP contribution in [0.5, 0.6) is 0 Å². The summed E-state index contributed by atoms with van der Waals surface area (Å²) in [5, 5.41) is 6.27. The van der Waals surface area contributed by atoms with Crippen LogP contribution in [-0.4, -0.2) is 25.5 Å². The number of amides is 1. The Morgan fingerprint density at radius 2 is 1.75 bits per heavy atom. The minimum absolute atomic E-state index is 0.127. The summed E-state index contributed by atoms with van der Waals surface area (Å²) in [5.74, 6) is 2.27. The van der Waals surface area contributed by atoms with Gasteiger partial charge in [-0.25, -0.2) is 0 Å². The number of carbonyl (C=O) groups excluding carboxylic acids is 1. The normalized spacial score (nSPS) is 23.9. The van der Waals surface area contributed by atoms with Crippen LogP contribution in [0, 0.1) is 23.2 Å². The third kappa shape index (κ3) is 6.74. The summed E-state index contributed by atoms with van der Waals surface area (Å²) in [4.78, 5) is 11.6. The van der Waals surface area contributed by atoms with Crippen molar-refractivity contribution < 1.29 is 4.79 Å². The van der Waals surface area contributed by atoms with Gasteiger partial charge < -0.3 is 10.6 Å². The van der Waals surface area contributed by atoms with E-state index >= 15 is 0 Å². The second-order valence-corrected chi connectivity index (χ2v) is 7.91. The average Bonchev–Trinajstić information content (AvgIpc) is 2.36. The van der Waals surface area contributed by atoms with E-state index in [9.17, 15) is 4.79 Å². The molecule has 1 amide bonds. The van der Waals surface area contributed by atoms with E-state index in [0.717, 1.165) is 24.9 Å². The zero-order valence-corrected chi connectivity index (χ0v) is 14.1. The van der Waals surface area contributed by atoms with Gasteiger partial charge in [0.1, 0.15) is 0 Å². The topological polar surface area (TPSA) is 41.1 Å². The molecule has 0 aromatic carbocycles. The van der Waals surface area contributed by atoms with Crippen LogP contribution < -0.4 is 10.6 Å². The minimum atomic E-state index is 0.127. The van der Waals surface area contributed by atoms with Gasteiger partial charge in [0, 0.05) is 6.54 Å². The molecule has 20 heavy (non-hydrogen) atoms. The molecule has 0 heterocycles. The van der Waals surface area contributed by atoms with Crippen LogP contribution in [-0.2, 0) is 4.79 Å². The van der Waals surface area contributed by atoms with Crippen LogP contribution in [0.2, 0.25) is 0 Å². The Labute approximate surface area is 125 Å². The highest BCUT2D eigenvalue weighted by Crippen LogP contribution is 2.39. The van der Waals surface area contributed by atoms with E-state index in [-0.39, 0.29) is 5.91 Å². The van der Waals surface area contributed by atoms with Crippen molar-refractivity contribution in [3.05, 3.63) is 0 Å². The lowest BCUT2D eigenvalue weighted by Gasteiger charge is -2.37. The van der Waals surface area contributed by atoms with Gasteiger partial charge in [0.15, 0.2) is 0 Å². The molecule has 0 unspecified atom stereocenters. The second kappa shape index (κ2) is 8.02. The summed E-state index contributed by atoms with van der Waals surface area (Å²) in [7, 11) is 0. The summed E-state index contributed by atoms with van der Waals surface area (Å²) < 4.78 is 0. The largest absolute Gasteiger partial charge is 0.355 e. The molecule has 0 radical (unpaired) electrons. The maximum absolute atomic E-state index is 11.6. The molecule has 1 fully saturated rings. The Balaban J connectivity index is 2.11. The molecule has 2 N–H and O–H groups in total. The van der Waals surface area contributed by atoms with Crippen molar-refractivity contribution in [2.45, 2.75) is 60.3 Å². The summed E-state index contributed by atoms with van der Waals surface area (Å²) in [6, 6.07) is 0. The minimum Gasteiger partial charge on any atom is -0.355 e. The predicted molar refractivity (Wildman–Crippen MR) is 85.6 cm³/mol. The molecule has 1 saturated carbocycles. The van der Waals surface area contributed by atoms with E-state index < -0.39 is 0 Å².